The van der Waals surface area contributed by atoms with Crippen molar-refractivity contribution in [3.05, 3.63) is 48.0 Å². The number of rotatable bonds is 7. The maximum Gasteiger partial charge on any atom is 0.230 e. The Bertz CT molecular complexity index is 684. The molecule has 1 aromatic heterocycles. The van der Waals surface area contributed by atoms with E-state index in [4.69, 9.17) is 0 Å². The van der Waals surface area contributed by atoms with Crippen LogP contribution in [0.2, 0.25) is 0 Å². The highest BCUT2D eigenvalue weighted by molar-refractivity contribution is 7.99. The number of amides is 1. The molecule has 0 saturated heterocycles. The van der Waals surface area contributed by atoms with Crippen LogP contribution in [0.25, 0.3) is 5.69 Å². The molecular formula is C17H20FN3OS. The zero-order valence-electron chi connectivity index (χ0n) is 13.0. The third-order valence-corrected chi connectivity index (χ3v) is 5.04. The number of carbonyl (C=O) groups excluding carboxylic acids is 1. The molecule has 1 unspecified atom stereocenters. The van der Waals surface area contributed by atoms with Crippen molar-refractivity contribution in [2.24, 2.45) is 5.92 Å². The first-order valence-corrected chi connectivity index (χ1v) is 8.95. The summed E-state index contributed by atoms with van der Waals surface area (Å²) in [5.41, 5.74) is 1.26. The number of carbonyl (C=O) groups is 1. The van der Waals surface area contributed by atoms with Gasteiger partial charge < -0.3 is 5.32 Å². The van der Waals surface area contributed by atoms with E-state index in [2.05, 4.69) is 10.4 Å². The topological polar surface area (TPSA) is 46.9 Å². The Kier molecular flexibility index (Phi) is 5.00. The number of hydrogen-bond donors (Lipinski definition) is 1. The second kappa shape index (κ2) is 7.17. The lowest BCUT2D eigenvalue weighted by atomic mass is 10.2. The van der Waals surface area contributed by atoms with Gasteiger partial charge >= 0.3 is 0 Å². The summed E-state index contributed by atoms with van der Waals surface area (Å²) in [5.74, 6) is 2.09. The predicted octanol–water partition coefficient (Wildman–Crippen LogP) is 3.33. The lowest BCUT2D eigenvalue weighted by Gasteiger charge is -2.12. The monoisotopic (exact) mass is 333 g/mol. The molecule has 3 rings (SSSR count). The molecule has 0 radical (unpaired) electrons. The van der Waals surface area contributed by atoms with Gasteiger partial charge in [0.2, 0.25) is 5.91 Å². The molecule has 122 valence electrons. The van der Waals surface area contributed by atoms with E-state index in [0.29, 0.717) is 11.4 Å². The largest absolute Gasteiger partial charge is 0.349 e. The lowest BCUT2D eigenvalue weighted by Crippen LogP contribution is -2.28. The number of aromatic nitrogens is 2. The van der Waals surface area contributed by atoms with Crippen molar-refractivity contribution in [2.45, 2.75) is 25.8 Å². The van der Waals surface area contributed by atoms with Gasteiger partial charge in [-0.1, -0.05) is 12.1 Å². The first-order chi connectivity index (χ1) is 11.1. The first-order valence-electron chi connectivity index (χ1n) is 7.80. The number of para-hydroxylation sites is 1. The highest BCUT2D eigenvalue weighted by atomic mass is 32.2. The van der Waals surface area contributed by atoms with Crippen LogP contribution in [0.5, 0.6) is 0 Å². The average Bonchev–Trinajstić information content (AvgIpc) is 3.22. The zero-order chi connectivity index (χ0) is 16.2. The third kappa shape index (κ3) is 4.34. The minimum Gasteiger partial charge on any atom is -0.349 e. The van der Waals surface area contributed by atoms with Crippen LogP contribution < -0.4 is 5.32 Å². The second-order valence-electron chi connectivity index (χ2n) is 5.92. The Hall–Kier alpha value is -1.82. The van der Waals surface area contributed by atoms with E-state index < -0.39 is 0 Å². The van der Waals surface area contributed by atoms with E-state index in [0.717, 1.165) is 17.2 Å². The third-order valence-electron chi connectivity index (χ3n) is 3.86. The molecule has 1 aromatic carbocycles. The van der Waals surface area contributed by atoms with Crippen LogP contribution in [-0.4, -0.2) is 27.2 Å². The van der Waals surface area contributed by atoms with Gasteiger partial charge in [0.25, 0.3) is 0 Å². The highest BCUT2D eigenvalue weighted by Crippen LogP contribution is 2.32. The molecule has 4 nitrogen and oxygen atoms in total. The Balaban J connectivity index is 1.56. The summed E-state index contributed by atoms with van der Waals surface area (Å²) in [7, 11) is 0. The van der Waals surface area contributed by atoms with Crippen LogP contribution >= 0.6 is 11.8 Å². The molecule has 1 atom stereocenters. The van der Waals surface area contributed by atoms with Crippen molar-refractivity contribution in [1.29, 1.82) is 0 Å². The van der Waals surface area contributed by atoms with E-state index in [-0.39, 0.29) is 17.8 Å². The molecule has 1 amide bonds. The van der Waals surface area contributed by atoms with Crippen LogP contribution in [0.4, 0.5) is 4.39 Å². The molecule has 1 aliphatic carbocycles. The van der Waals surface area contributed by atoms with Gasteiger partial charge in [-0.05, 0) is 43.6 Å². The van der Waals surface area contributed by atoms with Crippen molar-refractivity contribution < 1.29 is 9.18 Å². The van der Waals surface area contributed by atoms with Gasteiger partial charge in [0.1, 0.15) is 11.5 Å². The van der Waals surface area contributed by atoms with Crippen LogP contribution in [0, 0.1) is 11.7 Å². The fraction of sp³-hybridized carbons (Fsp3) is 0.412. The minimum absolute atomic E-state index is 0.0294. The summed E-state index contributed by atoms with van der Waals surface area (Å²) in [4.78, 5) is 11.9. The van der Waals surface area contributed by atoms with E-state index in [9.17, 15) is 9.18 Å². The fourth-order valence-corrected chi connectivity index (χ4v) is 3.35. The van der Waals surface area contributed by atoms with Gasteiger partial charge in [0, 0.05) is 11.8 Å². The van der Waals surface area contributed by atoms with Gasteiger partial charge in [0.05, 0.1) is 18.0 Å². The number of hydrogen-bond acceptors (Lipinski definition) is 3. The minimum atomic E-state index is -0.324. The quantitative estimate of drug-likeness (QED) is 0.845. The molecule has 2 aromatic rings. The molecule has 1 heterocycles. The van der Waals surface area contributed by atoms with E-state index in [1.165, 1.54) is 23.6 Å². The van der Waals surface area contributed by atoms with Gasteiger partial charge in [-0.15, -0.1) is 0 Å². The van der Waals surface area contributed by atoms with Crippen molar-refractivity contribution >= 4 is 17.7 Å². The van der Waals surface area contributed by atoms with E-state index in [1.807, 2.05) is 6.92 Å². The second-order valence-corrected chi connectivity index (χ2v) is 6.95. The van der Waals surface area contributed by atoms with Gasteiger partial charge in [-0.3, -0.25) is 4.79 Å². The lowest BCUT2D eigenvalue weighted by molar-refractivity contribution is -0.119. The summed E-state index contributed by atoms with van der Waals surface area (Å²) in [6.07, 6.45) is 6.02. The molecule has 23 heavy (non-hydrogen) atoms. The number of nitrogens with zero attached hydrogens (tertiary/aromatic N) is 2. The molecule has 0 spiro atoms. The SMILES string of the molecule is CC(NC(=O)CSCC1CC1)c1cnn(-c2ccccc2F)c1. The standard InChI is InChI=1S/C17H20FN3OS/c1-12(20-17(22)11-23-10-13-6-7-13)14-8-19-21(9-14)16-5-3-2-4-15(16)18/h2-5,8-9,12-13H,6-7,10-11H2,1H3,(H,20,22). The average molecular weight is 333 g/mol. The van der Waals surface area contributed by atoms with Crippen LogP contribution in [-0.2, 0) is 4.79 Å². The van der Waals surface area contributed by atoms with E-state index in [1.54, 1.807) is 42.4 Å². The number of benzene rings is 1. The Morgan fingerprint density at radius 1 is 1.48 bits per heavy atom. The molecule has 1 N–H and O–H groups in total. The van der Waals surface area contributed by atoms with Crippen molar-refractivity contribution in [3.63, 3.8) is 0 Å². The smallest absolute Gasteiger partial charge is 0.230 e. The summed E-state index contributed by atoms with van der Waals surface area (Å²) < 4.78 is 15.3. The Morgan fingerprint density at radius 3 is 3.00 bits per heavy atom. The highest BCUT2D eigenvalue weighted by Gasteiger charge is 2.21. The van der Waals surface area contributed by atoms with Gasteiger partial charge in [0.15, 0.2) is 0 Å². The van der Waals surface area contributed by atoms with Crippen LogP contribution in [0.3, 0.4) is 0 Å². The molecule has 1 saturated carbocycles. The van der Waals surface area contributed by atoms with Crippen molar-refractivity contribution in [1.82, 2.24) is 15.1 Å². The Morgan fingerprint density at radius 2 is 2.26 bits per heavy atom. The van der Waals surface area contributed by atoms with Gasteiger partial charge in [-0.25, -0.2) is 9.07 Å². The molecule has 6 heteroatoms. The van der Waals surface area contributed by atoms with E-state index >= 15 is 0 Å². The maximum absolute atomic E-state index is 13.8. The maximum atomic E-state index is 13.8. The molecular weight excluding hydrogens is 313 g/mol. The summed E-state index contributed by atoms with van der Waals surface area (Å²) in [5, 5.41) is 7.15. The van der Waals surface area contributed by atoms with Crippen molar-refractivity contribution in [3.8, 4) is 5.69 Å². The summed E-state index contributed by atoms with van der Waals surface area (Å²) in [6, 6.07) is 6.33. The summed E-state index contributed by atoms with van der Waals surface area (Å²) >= 11 is 1.69. The van der Waals surface area contributed by atoms with Crippen LogP contribution in [0.15, 0.2) is 36.7 Å². The zero-order valence-corrected chi connectivity index (χ0v) is 13.9. The molecule has 0 bridgehead atoms. The normalized spacial score (nSPS) is 15.4. The molecule has 1 fully saturated rings. The predicted molar refractivity (Wildman–Crippen MR) is 90.1 cm³/mol. The summed E-state index contributed by atoms with van der Waals surface area (Å²) in [6.45, 7) is 1.91. The molecule has 0 aliphatic heterocycles. The number of thioether (sulfide) groups is 1. The Labute approximate surface area is 139 Å². The van der Waals surface area contributed by atoms with Gasteiger partial charge in [-0.2, -0.15) is 16.9 Å². The number of halogens is 1. The molecule has 1 aliphatic rings. The number of nitrogens with one attached hydrogen (secondary N) is 1. The first kappa shape index (κ1) is 16.1. The fourth-order valence-electron chi connectivity index (χ4n) is 2.30. The van der Waals surface area contributed by atoms with Crippen molar-refractivity contribution in [2.75, 3.05) is 11.5 Å². The van der Waals surface area contributed by atoms with Crippen LogP contribution in [0.1, 0.15) is 31.4 Å².